The van der Waals surface area contributed by atoms with E-state index in [9.17, 15) is 12.8 Å². The van der Waals surface area contributed by atoms with Crippen molar-refractivity contribution >= 4 is 15.7 Å². The molecule has 1 aromatic rings. The Morgan fingerprint density at radius 2 is 2.20 bits per heavy atom. The number of benzene rings is 1. The molecular formula is C9H9FN2O2S. The number of hydrogen-bond acceptors (Lipinski definition) is 3. The van der Waals surface area contributed by atoms with E-state index in [0.717, 1.165) is 0 Å². The molecule has 0 bridgehead atoms. The van der Waals surface area contributed by atoms with Crippen molar-refractivity contribution in [3.63, 3.8) is 0 Å². The summed E-state index contributed by atoms with van der Waals surface area (Å²) in [5.74, 6) is -1.35. The van der Waals surface area contributed by atoms with Crippen LogP contribution in [-0.4, -0.2) is 14.2 Å². The van der Waals surface area contributed by atoms with Gasteiger partial charge in [0, 0.05) is 0 Å². The van der Waals surface area contributed by atoms with E-state index in [1.807, 2.05) is 4.72 Å². The first-order valence-electron chi connectivity index (χ1n) is 4.08. The summed E-state index contributed by atoms with van der Waals surface area (Å²) in [5, 5.41) is 8.23. The molecule has 0 unspecified atom stereocenters. The smallest absolute Gasteiger partial charge is 0.246 e. The molecule has 4 nitrogen and oxygen atoms in total. The summed E-state index contributed by atoms with van der Waals surface area (Å²) < 4.78 is 37.5. The molecular weight excluding hydrogens is 219 g/mol. The highest BCUT2D eigenvalue weighted by atomic mass is 32.2. The monoisotopic (exact) mass is 228 g/mol. The van der Waals surface area contributed by atoms with Gasteiger partial charge >= 0.3 is 0 Å². The van der Waals surface area contributed by atoms with Gasteiger partial charge in [-0.05, 0) is 24.6 Å². The molecule has 0 radical (unpaired) electrons. The Labute approximate surface area is 87.4 Å². The largest absolute Gasteiger partial charge is 0.280 e. The van der Waals surface area contributed by atoms with Crippen LogP contribution in [0.3, 0.4) is 0 Å². The lowest BCUT2D eigenvalue weighted by Crippen LogP contribution is -2.16. The molecule has 6 heteroatoms. The Kier molecular flexibility index (Phi) is 3.27. The second-order valence-electron chi connectivity index (χ2n) is 3.00. The van der Waals surface area contributed by atoms with E-state index in [-0.39, 0.29) is 5.69 Å². The zero-order valence-corrected chi connectivity index (χ0v) is 8.81. The molecule has 0 amide bonds. The second-order valence-corrected chi connectivity index (χ2v) is 4.72. The Balaban J connectivity index is 2.96. The molecule has 0 heterocycles. The van der Waals surface area contributed by atoms with Crippen LogP contribution in [0.25, 0.3) is 0 Å². The van der Waals surface area contributed by atoms with Crippen LogP contribution in [0, 0.1) is 24.1 Å². The van der Waals surface area contributed by atoms with Crippen molar-refractivity contribution in [1.29, 1.82) is 5.26 Å². The second kappa shape index (κ2) is 4.28. The van der Waals surface area contributed by atoms with E-state index in [2.05, 4.69) is 0 Å². The number of aryl methyl sites for hydroxylation is 1. The summed E-state index contributed by atoms with van der Waals surface area (Å²) in [5.41, 5.74) is 0.548. The minimum atomic E-state index is -3.77. The van der Waals surface area contributed by atoms with Gasteiger partial charge < -0.3 is 0 Å². The van der Waals surface area contributed by atoms with Crippen molar-refractivity contribution in [3.05, 3.63) is 29.6 Å². The van der Waals surface area contributed by atoms with Crippen molar-refractivity contribution < 1.29 is 12.8 Å². The lowest BCUT2D eigenvalue weighted by molar-refractivity contribution is 0.601. The number of halogens is 1. The van der Waals surface area contributed by atoms with Gasteiger partial charge in [0.2, 0.25) is 10.0 Å². The molecule has 0 aliphatic carbocycles. The van der Waals surface area contributed by atoms with Gasteiger partial charge in [-0.2, -0.15) is 5.26 Å². The molecule has 1 N–H and O–H groups in total. The lowest BCUT2D eigenvalue weighted by Gasteiger charge is -2.06. The maximum atomic E-state index is 13.2. The molecule has 1 rings (SSSR count). The number of rotatable bonds is 3. The first-order chi connectivity index (χ1) is 6.94. The highest BCUT2D eigenvalue weighted by Crippen LogP contribution is 2.16. The Bertz CT molecular complexity index is 505. The third-order valence-corrected chi connectivity index (χ3v) is 2.68. The van der Waals surface area contributed by atoms with Gasteiger partial charge in [0.05, 0.1) is 11.8 Å². The van der Waals surface area contributed by atoms with Gasteiger partial charge in [0.1, 0.15) is 5.82 Å². The fourth-order valence-electron chi connectivity index (χ4n) is 0.992. The van der Waals surface area contributed by atoms with Gasteiger partial charge in [-0.25, -0.2) is 12.8 Å². The van der Waals surface area contributed by atoms with Crippen LogP contribution in [0.4, 0.5) is 10.1 Å². The van der Waals surface area contributed by atoms with Crippen LogP contribution in [-0.2, 0) is 10.0 Å². The quantitative estimate of drug-likeness (QED) is 0.850. The normalized spacial score (nSPS) is 10.7. The van der Waals surface area contributed by atoms with Crippen LogP contribution in [0.5, 0.6) is 0 Å². The minimum absolute atomic E-state index is 0.143. The summed E-state index contributed by atoms with van der Waals surface area (Å²) in [6.07, 6.45) is 0. The van der Waals surface area contributed by atoms with Crippen molar-refractivity contribution in [2.45, 2.75) is 6.92 Å². The van der Waals surface area contributed by atoms with E-state index in [4.69, 9.17) is 5.26 Å². The Morgan fingerprint density at radius 1 is 1.53 bits per heavy atom. The molecule has 0 aliphatic rings. The lowest BCUT2D eigenvalue weighted by atomic mass is 10.2. The fourth-order valence-corrected chi connectivity index (χ4v) is 1.73. The predicted molar refractivity (Wildman–Crippen MR) is 54.2 cm³/mol. The van der Waals surface area contributed by atoms with Crippen LogP contribution in [0.1, 0.15) is 5.56 Å². The van der Waals surface area contributed by atoms with E-state index < -0.39 is 21.6 Å². The van der Waals surface area contributed by atoms with Gasteiger partial charge in [-0.3, -0.25) is 4.72 Å². The predicted octanol–water partition coefficient (Wildman–Crippen LogP) is 1.40. The highest BCUT2D eigenvalue weighted by molar-refractivity contribution is 7.92. The number of nitrogens with zero attached hydrogens (tertiary/aromatic N) is 1. The zero-order chi connectivity index (χ0) is 11.5. The minimum Gasteiger partial charge on any atom is -0.280 e. The van der Waals surface area contributed by atoms with Crippen molar-refractivity contribution in [2.75, 3.05) is 10.5 Å². The standard InChI is InChI=1S/C9H9FN2O2S/c1-7-2-3-9(8(10)6-7)12-15(13,14)5-4-11/h2-3,6,12H,5H2,1H3. The van der Waals surface area contributed by atoms with E-state index in [1.165, 1.54) is 18.2 Å². The van der Waals surface area contributed by atoms with Crippen molar-refractivity contribution in [3.8, 4) is 6.07 Å². The van der Waals surface area contributed by atoms with E-state index in [1.54, 1.807) is 13.0 Å². The van der Waals surface area contributed by atoms with Crippen molar-refractivity contribution in [1.82, 2.24) is 0 Å². The molecule has 1 aromatic carbocycles. The molecule has 0 saturated heterocycles. The average Bonchev–Trinajstić information content (AvgIpc) is 2.09. The van der Waals surface area contributed by atoms with E-state index in [0.29, 0.717) is 5.56 Å². The van der Waals surface area contributed by atoms with Crippen molar-refractivity contribution in [2.24, 2.45) is 0 Å². The average molecular weight is 228 g/mol. The van der Waals surface area contributed by atoms with Gasteiger partial charge in [0.25, 0.3) is 0 Å². The number of nitrogens with one attached hydrogen (secondary N) is 1. The third kappa shape index (κ3) is 3.22. The first-order valence-corrected chi connectivity index (χ1v) is 5.73. The molecule has 0 aliphatic heterocycles. The molecule has 0 aromatic heterocycles. The maximum Gasteiger partial charge on any atom is 0.246 e. The fraction of sp³-hybridized carbons (Fsp3) is 0.222. The molecule has 0 saturated carbocycles. The zero-order valence-electron chi connectivity index (χ0n) is 7.99. The van der Waals surface area contributed by atoms with Crippen LogP contribution in [0.2, 0.25) is 0 Å². The summed E-state index contributed by atoms with van der Waals surface area (Å²) in [6.45, 7) is 1.69. The third-order valence-electron chi connectivity index (χ3n) is 1.64. The molecule has 15 heavy (non-hydrogen) atoms. The summed E-state index contributed by atoms with van der Waals surface area (Å²) in [6, 6.07) is 5.59. The van der Waals surface area contributed by atoms with Gasteiger partial charge in [-0.15, -0.1) is 0 Å². The number of hydrogen-bond donors (Lipinski definition) is 1. The summed E-state index contributed by atoms with van der Waals surface area (Å²) >= 11 is 0. The Morgan fingerprint density at radius 3 is 2.73 bits per heavy atom. The molecule has 0 spiro atoms. The SMILES string of the molecule is Cc1ccc(NS(=O)(=O)CC#N)c(F)c1. The van der Waals surface area contributed by atoms with Crippen LogP contribution < -0.4 is 4.72 Å². The first kappa shape index (κ1) is 11.5. The number of sulfonamides is 1. The molecule has 0 fully saturated rings. The molecule has 0 atom stereocenters. The Hall–Kier alpha value is -1.61. The number of nitriles is 1. The van der Waals surface area contributed by atoms with Gasteiger partial charge in [0.15, 0.2) is 5.75 Å². The highest BCUT2D eigenvalue weighted by Gasteiger charge is 2.12. The summed E-state index contributed by atoms with van der Waals surface area (Å²) in [7, 11) is -3.77. The maximum absolute atomic E-state index is 13.2. The van der Waals surface area contributed by atoms with E-state index >= 15 is 0 Å². The summed E-state index contributed by atoms with van der Waals surface area (Å²) in [4.78, 5) is 0. The van der Waals surface area contributed by atoms with Gasteiger partial charge in [-0.1, -0.05) is 6.07 Å². The number of anilines is 1. The topological polar surface area (TPSA) is 70.0 Å². The molecule has 80 valence electrons. The van der Waals surface area contributed by atoms with Crippen LogP contribution in [0.15, 0.2) is 18.2 Å². The van der Waals surface area contributed by atoms with Crippen LogP contribution >= 0.6 is 0 Å².